The fraction of sp³-hybridized carbons (Fsp3) is 1.00. The van der Waals surface area contributed by atoms with Crippen molar-refractivity contribution in [1.82, 2.24) is 0 Å². The van der Waals surface area contributed by atoms with E-state index in [-0.39, 0.29) is 19.8 Å². The maximum Gasteiger partial charge on any atom is 0.268 e. The second kappa shape index (κ2) is 20.2. The third-order valence-corrected chi connectivity index (χ3v) is 6.66. The molecule has 1 N–H and O–H groups in total. The number of nitrogens with zero attached hydrogens (tertiary/aromatic N) is 1. The highest BCUT2D eigenvalue weighted by Crippen LogP contribution is 2.38. The third kappa shape index (κ3) is 24.9. The quantitative estimate of drug-likeness (QED) is 0.111. The standard InChI is InChI=1S/C25H54NO6P/c1-6-7-8-9-10-11-12-13-14-15-16-17-18-24(2)21-30-22-25(27)23-32-33(28,29)31-20-19-26(3,4)5/h24-25,27H,6-23H2,1-5H3/t24?,25-/m1/s1. The van der Waals surface area contributed by atoms with Crippen LogP contribution in [0, 0.1) is 5.92 Å². The largest absolute Gasteiger partial charge is 0.756 e. The number of phosphoric acid groups is 1. The Labute approximate surface area is 204 Å². The van der Waals surface area contributed by atoms with Crippen molar-refractivity contribution in [2.24, 2.45) is 5.92 Å². The second-order valence-electron chi connectivity index (χ2n) is 10.6. The Bertz CT molecular complexity index is 486. The minimum atomic E-state index is -4.40. The van der Waals surface area contributed by atoms with Crippen molar-refractivity contribution in [3.63, 3.8) is 0 Å². The van der Waals surface area contributed by atoms with Crippen molar-refractivity contribution in [2.75, 3.05) is 54.1 Å². The molecule has 0 aliphatic heterocycles. The van der Waals surface area contributed by atoms with Gasteiger partial charge in [0.05, 0.1) is 34.4 Å². The van der Waals surface area contributed by atoms with Crippen LogP contribution in [0.15, 0.2) is 0 Å². The maximum atomic E-state index is 11.7. The molecule has 0 aromatic heterocycles. The number of hydrogen-bond acceptors (Lipinski definition) is 6. The Hall–Kier alpha value is -0.0100. The maximum absolute atomic E-state index is 11.7. The summed E-state index contributed by atoms with van der Waals surface area (Å²) in [5.41, 5.74) is 0. The summed E-state index contributed by atoms with van der Waals surface area (Å²) in [5.74, 6) is 0.422. The highest BCUT2D eigenvalue weighted by atomic mass is 31.2. The number of rotatable bonds is 24. The molecule has 0 rings (SSSR count). The van der Waals surface area contributed by atoms with Crippen molar-refractivity contribution in [3.05, 3.63) is 0 Å². The van der Waals surface area contributed by atoms with Crippen molar-refractivity contribution >= 4 is 7.82 Å². The van der Waals surface area contributed by atoms with Crippen LogP contribution >= 0.6 is 7.82 Å². The van der Waals surface area contributed by atoms with E-state index < -0.39 is 13.9 Å². The van der Waals surface area contributed by atoms with Gasteiger partial charge in [-0.2, -0.15) is 0 Å². The molecule has 3 atom stereocenters. The average molecular weight is 496 g/mol. The number of phosphoric ester groups is 1. The summed E-state index contributed by atoms with van der Waals surface area (Å²) in [5, 5.41) is 9.90. The summed E-state index contributed by atoms with van der Waals surface area (Å²) in [6, 6.07) is 0. The number of aliphatic hydroxyl groups excluding tert-OH is 1. The molecule has 0 fully saturated rings. The Kier molecular flexibility index (Phi) is 20.2. The van der Waals surface area contributed by atoms with Gasteiger partial charge in [-0.3, -0.25) is 4.57 Å². The molecule has 0 radical (unpaired) electrons. The van der Waals surface area contributed by atoms with Crippen LogP contribution in [0.25, 0.3) is 0 Å². The first kappa shape index (κ1) is 33.0. The van der Waals surface area contributed by atoms with E-state index >= 15 is 0 Å². The molecule has 0 saturated carbocycles. The first-order valence-electron chi connectivity index (χ1n) is 13.2. The lowest BCUT2D eigenvalue weighted by Gasteiger charge is -2.27. The van der Waals surface area contributed by atoms with E-state index in [4.69, 9.17) is 13.8 Å². The SMILES string of the molecule is CCCCCCCCCCCCCCC(C)COC[C@@H](O)COP(=O)([O-])OCC[N+](C)(C)C. The molecule has 0 aliphatic rings. The number of quaternary nitrogens is 1. The lowest BCUT2D eigenvalue weighted by molar-refractivity contribution is -0.870. The normalized spacial score (nSPS) is 16.0. The van der Waals surface area contributed by atoms with Gasteiger partial charge in [-0.25, -0.2) is 0 Å². The van der Waals surface area contributed by atoms with Crippen LogP contribution in [0.1, 0.15) is 97.3 Å². The first-order chi connectivity index (χ1) is 15.6. The minimum Gasteiger partial charge on any atom is -0.756 e. The van der Waals surface area contributed by atoms with Crippen molar-refractivity contribution in [2.45, 2.75) is 103 Å². The molecule has 33 heavy (non-hydrogen) atoms. The van der Waals surface area contributed by atoms with Crippen LogP contribution in [-0.2, 0) is 18.3 Å². The molecule has 0 bridgehead atoms. The van der Waals surface area contributed by atoms with Crippen LogP contribution in [0.5, 0.6) is 0 Å². The summed E-state index contributed by atoms with van der Waals surface area (Å²) in [6.45, 7) is 5.27. The summed E-state index contributed by atoms with van der Waals surface area (Å²) < 4.78 is 27.4. The number of ether oxygens (including phenoxy) is 1. The van der Waals surface area contributed by atoms with Gasteiger partial charge in [-0.05, 0) is 12.3 Å². The van der Waals surface area contributed by atoms with Crippen molar-refractivity contribution in [1.29, 1.82) is 0 Å². The number of hydrogen-bond donors (Lipinski definition) is 1. The Morgan fingerprint density at radius 2 is 1.33 bits per heavy atom. The molecule has 0 heterocycles. The van der Waals surface area contributed by atoms with Crippen LogP contribution in [0.4, 0.5) is 0 Å². The van der Waals surface area contributed by atoms with Gasteiger partial charge >= 0.3 is 0 Å². The third-order valence-electron chi connectivity index (χ3n) is 5.70. The van der Waals surface area contributed by atoms with Gasteiger partial charge in [-0.1, -0.05) is 90.9 Å². The highest BCUT2D eigenvalue weighted by Gasteiger charge is 2.16. The molecule has 0 aromatic rings. The van der Waals surface area contributed by atoms with Crippen LogP contribution in [0.3, 0.4) is 0 Å². The van der Waals surface area contributed by atoms with Crippen LogP contribution in [-0.4, -0.2) is 69.8 Å². The van der Waals surface area contributed by atoms with E-state index in [1.165, 1.54) is 77.0 Å². The van der Waals surface area contributed by atoms with Crippen LogP contribution < -0.4 is 4.89 Å². The molecular weight excluding hydrogens is 441 g/mol. The zero-order chi connectivity index (χ0) is 25.0. The molecule has 7 nitrogen and oxygen atoms in total. The summed E-state index contributed by atoms with van der Waals surface area (Å²) in [7, 11) is 1.44. The minimum absolute atomic E-state index is 0.0491. The first-order valence-corrected chi connectivity index (χ1v) is 14.7. The zero-order valence-electron chi connectivity index (χ0n) is 22.3. The number of likely N-dealkylation sites (N-methyl/N-ethyl adjacent to an activating group) is 1. The zero-order valence-corrected chi connectivity index (χ0v) is 23.2. The van der Waals surface area contributed by atoms with Gasteiger partial charge in [0, 0.05) is 6.61 Å². The molecule has 0 saturated heterocycles. The van der Waals surface area contributed by atoms with Crippen molar-refractivity contribution in [3.8, 4) is 0 Å². The van der Waals surface area contributed by atoms with Gasteiger partial charge < -0.3 is 28.3 Å². The Balaban J connectivity index is 3.56. The van der Waals surface area contributed by atoms with Gasteiger partial charge in [0.2, 0.25) is 0 Å². The Morgan fingerprint density at radius 3 is 1.85 bits per heavy atom. The molecule has 0 amide bonds. The molecule has 0 aromatic carbocycles. The molecule has 8 heteroatoms. The summed E-state index contributed by atoms with van der Waals surface area (Å²) in [4.78, 5) is 11.7. The van der Waals surface area contributed by atoms with Gasteiger partial charge in [-0.15, -0.1) is 0 Å². The smallest absolute Gasteiger partial charge is 0.268 e. The fourth-order valence-electron chi connectivity index (χ4n) is 3.51. The summed E-state index contributed by atoms with van der Waals surface area (Å²) >= 11 is 0. The lowest BCUT2D eigenvalue weighted by atomic mass is 10.0. The van der Waals surface area contributed by atoms with E-state index in [0.29, 0.717) is 23.6 Å². The van der Waals surface area contributed by atoms with E-state index in [0.717, 1.165) is 6.42 Å². The van der Waals surface area contributed by atoms with Crippen molar-refractivity contribution < 1.29 is 32.8 Å². The van der Waals surface area contributed by atoms with Gasteiger partial charge in [0.15, 0.2) is 0 Å². The molecule has 0 spiro atoms. The average Bonchev–Trinajstić information content (AvgIpc) is 2.72. The second-order valence-corrected chi connectivity index (χ2v) is 12.0. The molecule has 2 unspecified atom stereocenters. The number of unbranched alkanes of at least 4 members (excludes halogenated alkanes) is 11. The molecule has 0 aliphatic carbocycles. The number of aliphatic hydroxyl groups is 1. The topological polar surface area (TPSA) is 88.0 Å². The van der Waals surface area contributed by atoms with Gasteiger partial charge in [0.25, 0.3) is 7.82 Å². The lowest BCUT2D eigenvalue weighted by Crippen LogP contribution is -2.37. The Morgan fingerprint density at radius 1 is 0.818 bits per heavy atom. The molecular formula is C25H54NO6P. The van der Waals surface area contributed by atoms with E-state index in [9.17, 15) is 14.6 Å². The predicted octanol–water partition coefficient (Wildman–Crippen LogP) is 5.30. The highest BCUT2D eigenvalue weighted by molar-refractivity contribution is 7.45. The van der Waals surface area contributed by atoms with E-state index in [1.54, 1.807) is 0 Å². The fourth-order valence-corrected chi connectivity index (χ4v) is 4.25. The van der Waals surface area contributed by atoms with Gasteiger partial charge in [0.1, 0.15) is 19.3 Å². The monoisotopic (exact) mass is 495 g/mol. The molecule has 200 valence electrons. The van der Waals surface area contributed by atoms with Crippen LogP contribution in [0.2, 0.25) is 0 Å². The van der Waals surface area contributed by atoms with E-state index in [1.807, 2.05) is 21.1 Å². The summed E-state index contributed by atoms with van der Waals surface area (Å²) in [6.07, 6.45) is 16.3. The predicted molar refractivity (Wildman–Crippen MR) is 134 cm³/mol. The van der Waals surface area contributed by atoms with E-state index in [2.05, 4.69) is 13.8 Å².